The standard InChI is InChI=1S/C23H23N7/c1-14-16(3)27-30(17(14)4)22-11-20(25-13-26-22)10-21-15(2)23(29(5)28-21)19-8-6-18(12-24)7-9-19/h6-9,11,13H,10H2,1-5H3. The summed E-state index contributed by atoms with van der Waals surface area (Å²) >= 11 is 0. The molecule has 1 aromatic carbocycles. The summed E-state index contributed by atoms with van der Waals surface area (Å²) < 4.78 is 3.75. The van der Waals surface area contributed by atoms with Crippen LogP contribution in [0.2, 0.25) is 0 Å². The summed E-state index contributed by atoms with van der Waals surface area (Å²) in [4.78, 5) is 8.87. The van der Waals surface area contributed by atoms with Crippen LogP contribution >= 0.6 is 0 Å². The molecule has 4 aromatic rings. The quantitative estimate of drug-likeness (QED) is 0.523. The van der Waals surface area contributed by atoms with Crippen molar-refractivity contribution in [2.45, 2.75) is 34.1 Å². The maximum Gasteiger partial charge on any atom is 0.157 e. The van der Waals surface area contributed by atoms with E-state index in [1.54, 1.807) is 6.33 Å². The third-order valence-corrected chi connectivity index (χ3v) is 5.60. The molecule has 150 valence electrons. The van der Waals surface area contributed by atoms with Crippen LogP contribution in [0.25, 0.3) is 17.1 Å². The number of nitriles is 1. The zero-order valence-corrected chi connectivity index (χ0v) is 17.8. The van der Waals surface area contributed by atoms with Crippen LogP contribution in [0, 0.1) is 39.0 Å². The van der Waals surface area contributed by atoms with E-state index in [0.717, 1.165) is 45.4 Å². The molecule has 0 radical (unpaired) electrons. The minimum Gasteiger partial charge on any atom is -0.267 e. The highest BCUT2D eigenvalue weighted by atomic mass is 15.3. The predicted molar refractivity (Wildman–Crippen MR) is 114 cm³/mol. The first kappa shape index (κ1) is 19.5. The van der Waals surface area contributed by atoms with Gasteiger partial charge in [0.15, 0.2) is 5.82 Å². The monoisotopic (exact) mass is 397 g/mol. The fourth-order valence-electron chi connectivity index (χ4n) is 3.67. The molecule has 0 amide bonds. The van der Waals surface area contributed by atoms with E-state index in [1.807, 2.05) is 60.6 Å². The second-order valence-electron chi connectivity index (χ2n) is 7.49. The average Bonchev–Trinajstić information content (AvgIpc) is 3.17. The maximum atomic E-state index is 9.03. The van der Waals surface area contributed by atoms with Crippen LogP contribution < -0.4 is 0 Å². The topological polar surface area (TPSA) is 85.2 Å². The van der Waals surface area contributed by atoms with Gasteiger partial charge in [-0.1, -0.05) is 12.1 Å². The van der Waals surface area contributed by atoms with E-state index < -0.39 is 0 Å². The van der Waals surface area contributed by atoms with Crippen molar-refractivity contribution >= 4 is 0 Å². The van der Waals surface area contributed by atoms with Gasteiger partial charge in [0.2, 0.25) is 0 Å². The fraction of sp³-hybridized carbons (Fsp3) is 0.261. The van der Waals surface area contributed by atoms with Gasteiger partial charge in [0.1, 0.15) is 6.33 Å². The molecule has 0 atom stereocenters. The van der Waals surface area contributed by atoms with Crippen molar-refractivity contribution in [3.05, 3.63) is 76.1 Å². The first-order chi connectivity index (χ1) is 14.4. The Labute approximate surface area is 175 Å². The molecule has 7 heteroatoms. The molecule has 30 heavy (non-hydrogen) atoms. The Balaban J connectivity index is 1.67. The minimum absolute atomic E-state index is 0.601. The first-order valence-electron chi connectivity index (χ1n) is 9.76. The van der Waals surface area contributed by atoms with Crippen LogP contribution in [0.1, 0.15) is 39.5 Å². The molecule has 0 bridgehead atoms. The van der Waals surface area contributed by atoms with Crippen LogP contribution in [0.5, 0.6) is 0 Å². The molecule has 0 unspecified atom stereocenters. The lowest BCUT2D eigenvalue weighted by Gasteiger charge is -2.06. The Morgan fingerprint density at radius 3 is 2.33 bits per heavy atom. The van der Waals surface area contributed by atoms with Crippen molar-refractivity contribution in [1.82, 2.24) is 29.5 Å². The molecule has 0 N–H and O–H groups in total. The average molecular weight is 397 g/mol. The summed E-state index contributed by atoms with van der Waals surface area (Å²) in [6.45, 7) is 8.19. The highest BCUT2D eigenvalue weighted by molar-refractivity contribution is 5.65. The molecule has 0 aliphatic heterocycles. The van der Waals surface area contributed by atoms with Gasteiger partial charge >= 0.3 is 0 Å². The summed E-state index contributed by atoms with van der Waals surface area (Å²) in [5, 5.41) is 18.4. The summed E-state index contributed by atoms with van der Waals surface area (Å²) in [6.07, 6.45) is 2.18. The molecular weight excluding hydrogens is 374 g/mol. The molecule has 3 heterocycles. The molecule has 0 saturated heterocycles. The summed E-state index contributed by atoms with van der Waals surface area (Å²) in [6, 6.07) is 11.7. The number of aromatic nitrogens is 6. The van der Waals surface area contributed by atoms with E-state index in [4.69, 9.17) is 10.4 Å². The molecule has 0 aliphatic rings. The molecule has 0 saturated carbocycles. The Kier molecular flexibility index (Phi) is 4.92. The Bertz CT molecular complexity index is 1270. The van der Waals surface area contributed by atoms with Gasteiger partial charge in [0.05, 0.1) is 34.4 Å². The van der Waals surface area contributed by atoms with E-state index in [1.165, 1.54) is 5.56 Å². The van der Waals surface area contributed by atoms with Gasteiger partial charge in [-0.05, 0) is 51.0 Å². The minimum atomic E-state index is 0.601. The lowest BCUT2D eigenvalue weighted by atomic mass is 10.0. The Morgan fingerprint density at radius 1 is 0.967 bits per heavy atom. The number of hydrogen-bond donors (Lipinski definition) is 0. The van der Waals surface area contributed by atoms with E-state index >= 15 is 0 Å². The smallest absolute Gasteiger partial charge is 0.157 e. The van der Waals surface area contributed by atoms with E-state index in [2.05, 4.69) is 35.0 Å². The van der Waals surface area contributed by atoms with Crippen molar-refractivity contribution in [3.63, 3.8) is 0 Å². The first-order valence-corrected chi connectivity index (χ1v) is 9.76. The molecule has 4 rings (SSSR count). The molecule has 3 aromatic heterocycles. The molecular formula is C23H23N7. The van der Waals surface area contributed by atoms with E-state index in [-0.39, 0.29) is 0 Å². The normalized spacial score (nSPS) is 10.9. The summed E-state index contributed by atoms with van der Waals surface area (Å²) in [7, 11) is 1.94. The molecule has 0 fully saturated rings. The molecule has 0 spiro atoms. The number of aryl methyl sites for hydroxylation is 2. The van der Waals surface area contributed by atoms with Gasteiger partial charge in [0, 0.05) is 30.8 Å². The Hall–Kier alpha value is -3.79. The van der Waals surface area contributed by atoms with Crippen molar-refractivity contribution in [3.8, 4) is 23.1 Å². The predicted octanol–water partition coefficient (Wildman–Crippen LogP) is 3.76. The lowest BCUT2D eigenvalue weighted by Crippen LogP contribution is -2.05. The molecule has 7 nitrogen and oxygen atoms in total. The van der Waals surface area contributed by atoms with Crippen molar-refractivity contribution in [2.24, 2.45) is 7.05 Å². The second kappa shape index (κ2) is 7.56. The summed E-state index contributed by atoms with van der Waals surface area (Å²) in [5.41, 5.74) is 8.92. The zero-order valence-electron chi connectivity index (χ0n) is 17.8. The van der Waals surface area contributed by atoms with Gasteiger partial charge in [-0.25, -0.2) is 14.6 Å². The van der Waals surface area contributed by atoms with Gasteiger partial charge < -0.3 is 0 Å². The van der Waals surface area contributed by atoms with Gasteiger partial charge in [-0.15, -0.1) is 0 Å². The van der Waals surface area contributed by atoms with Crippen LogP contribution in [0.4, 0.5) is 0 Å². The fourth-order valence-corrected chi connectivity index (χ4v) is 3.67. The van der Waals surface area contributed by atoms with Crippen LogP contribution in [0.15, 0.2) is 36.7 Å². The number of benzene rings is 1. The number of hydrogen-bond acceptors (Lipinski definition) is 5. The van der Waals surface area contributed by atoms with E-state index in [0.29, 0.717) is 12.0 Å². The van der Waals surface area contributed by atoms with E-state index in [9.17, 15) is 0 Å². The van der Waals surface area contributed by atoms with Crippen LogP contribution in [-0.4, -0.2) is 29.5 Å². The second-order valence-corrected chi connectivity index (χ2v) is 7.49. The largest absolute Gasteiger partial charge is 0.267 e. The third-order valence-electron chi connectivity index (χ3n) is 5.60. The number of rotatable bonds is 4. The highest BCUT2D eigenvalue weighted by Crippen LogP contribution is 2.27. The lowest BCUT2D eigenvalue weighted by molar-refractivity contribution is 0.751. The third kappa shape index (κ3) is 3.37. The van der Waals surface area contributed by atoms with Crippen molar-refractivity contribution in [1.29, 1.82) is 5.26 Å². The van der Waals surface area contributed by atoms with Gasteiger partial charge in [0.25, 0.3) is 0 Å². The highest BCUT2D eigenvalue weighted by Gasteiger charge is 2.16. The van der Waals surface area contributed by atoms with Gasteiger partial charge in [-0.3, -0.25) is 4.68 Å². The van der Waals surface area contributed by atoms with Crippen LogP contribution in [0.3, 0.4) is 0 Å². The Morgan fingerprint density at radius 2 is 1.70 bits per heavy atom. The zero-order chi connectivity index (χ0) is 21.4. The summed E-state index contributed by atoms with van der Waals surface area (Å²) in [5.74, 6) is 0.759. The van der Waals surface area contributed by atoms with Crippen LogP contribution in [-0.2, 0) is 13.5 Å². The van der Waals surface area contributed by atoms with Crippen molar-refractivity contribution < 1.29 is 0 Å². The van der Waals surface area contributed by atoms with Gasteiger partial charge in [-0.2, -0.15) is 15.5 Å². The maximum absolute atomic E-state index is 9.03. The van der Waals surface area contributed by atoms with Crippen molar-refractivity contribution in [2.75, 3.05) is 0 Å². The number of nitrogens with zero attached hydrogens (tertiary/aromatic N) is 7. The SMILES string of the molecule is Cc1nn(-c2cc(Cc3nn(C)c(-c4ccc(C#N)cc4)c3C)ncn2)c(C)c1C. The molecule has 0 aliphatic carbocycles.